The monoisotopic (exact) mass is 555 g/mol. The maximum absolute atomic E-state index is 12.4. The number of hydrogen-bond acceptors (Lipinski definition) is 12. The molecule has 0 bridgehead atoms. The first-order chi connectivity index (χ1) is 18.3. The Morgan fingerprint density at radius 2 is 1.26 bits per heavy atom. The summed E-state index contributed by atoms with van der Waals surface area (Å²) in [7, 11) is 0. The van der Waals surface area contributed by atoms with Crippen molar-refractivity contribution in [2.75, 3.05) is 13.2 Å². The Bertz CT molecular complexity index is 950. The number of rotatable bonds is 14. The molecule has 0 fully saturated rings. The molecule has 0 aliphatic carbocycles. The van der Waals surface area contributed by atoms with Gasteiger partial charge in [0.25, 0.3) is 0 Å². The van der Waals surface area contributed by atoms with E-state index in [0.717, 1.165) is 0 Å². The zero-order chi connectivity index (χ0) is 29.5. The molecule has 2 unspecified atom stereocenters. The van der Waals surface area contributed by atoms with E-state index in [9.17, 15) is 19.2 Å². The zero-order valence-electron chi connectivity index (χ0n) is 23.7. The number of ether oxygens (including phenoxy) is 7. The molecule has 12 heteroatoms. The van der Waals surface area contributed by atoms with Crippen LogP contribution in [0.3, 0.4) is 0 Å². The molecule has 0 amide bonds. The third-order valence-corrected chi connectivity index (χ3v) is 5.19. The molecule has 0 saturated heterocycles. The highest BCUT2D eigenvalue weighted by atomic mass is 16.8. The molecule has 1 aromatic carbocycles. The molecule has 0 heterocycles. The molecular weight excluding hydrogens is 514 g/mol. The highest BCUT2D eigenvalue weighted by Crippen LogP contribution is 2.30. The van der Waals surface area contributed by atoms with Gasteiger partial charge in [-0.05, 0) is 63.6 Å². The van der Waals surface area contributed by atoms with Gasteiger partial charge in [-0.1, -0.05) is 33.8 Å². The number of nitrogens with two attached hydrogens (primary N) is 1. The van der Waals surface area contributed by atoms with Gasteiger partial charge in [-0.2, -0.15) is 0 Å². The van der Waals surface area contributed by atoms with Gasteiger partial charge in [0.15, 0.2) is 11.5 Å². The molecule has 12 nitrogen and oxygen atoms in total. The lowest BCUT2D eigenvalue weighted by Gasteiger charge is -2.17. The van der Waals surface area contributed by atoms with Gasteiger partial charge in [0.2, 0.25) is 0 Å². The molecule has 220 valence electrons. The number of hydrogen-bond donors (Lipinski definition) is 1. The van der Waals surface area contributed by atoms with Crippen molar-refractivity contribution in [3.8, 4) is 11.5 Å². The molecule has 39 heavy (non-hydrogen) atoms. The van der Waals surface area contributed by atoms with Gasteiger partial charge >= 0.3 is 24.4 Å². The fourth-order valence-corrected chi connectivity index (χ4v) is 2.68. The average Bonchev–Trinajstić information content (AvgIpc) is 2.87. The lowest BCUT2D eigenvalue weighted by atomic mass is 10.1. The summed E-state index contributed by atoms with van der Waals surface area (Å²) in [6, 6.07) is 3.23. The molecule has 1 rings (SSSR count). The van der Waals surface area contributed by atoms with Crippen molar-refractivity contribution in [3.63, 3.8) is 0 Å². The first-order valence-electron chi connectivity index (χ1n) is 13.0. The Morgan fingerprint density at radius 1 is 0.718 bits per heavy atom. The van der Waals surface area contributed by atoms with Crippen LogP contribution in [0.4, 0.5) is 14.4 Å². The molecule has 2 N–H and O–H groups in total. The number of carbonyl (C=O) groups is 4. The second-order valence-corrected chi connectivity index (χ2v) is 9.48. The van der Waals surface area contributed by atoms with E-state index >= 15 is 0 Å². The number of esters is 1. The fraction of sp³-hybridized carbons (Fsp3) is 0.630. The van der Waals surface area contributed by atoms with Crippen LogP contribution >= 0.6 is 0 Å². The Kier molecular flexibility index (Phi) is 14.7. The summed E-state index contributed by atoms with van der Waals surface area (Å²) in [4.78, 5) is 48.4. The first kappa shape index (κ1) is 33.5. The third-order valence-electron chi connectivity index (χ3n) is 5.19. The van der Waals surface area contributed by atoms with Gasteiger partial charge in [-0.25, -0.2) is 14.4 Å². The lowest BCUT2D eigenvalue weighted by Crippen LogP contribution is -2.36. The Morgan fingerprint density at radius 3 is 1.79 bits per heavy atom. The maximum atomic E-state index is 12.4. The van der Waals surface area contributed by atoms with Gasteiger partial charge in [0.1, 0.15) is 31.0 Å². The topological polar surface area (TPSA) is 159 Å². The van der Waals surface area contributed by atoms with E-state index in [1.807, 2.05) is 27.7 Å². The van der Waals surface area contributed by atoms with Crippen LogP contribution in [0.2, 0.25) is 0 Å². The lowest BCUT2D eigenvalue weighted by molar-refractivity contribution is -0.148. The van der Waals surface area contributed by atoms with Gasteiger partial charge in [-0.3, -0.25) is 4.79 Å². The summed E-state index contributed by atoms with van der Waals surface area (Å²) < 4.78 is 35.8. The van der Waals surface area contributed by atoms with Crippen molar-refractivity contribution in [3.05, 3.63) is 23.8 Å². The normalized spacial score (nSPS) is 13.9. The Balaban J connectivity index is 2.85. The van der Waals surface area contributed by atoms with Gasteiger partial charge in [0, 0.05) is 0 Å². The van der Waals surface area contributed by atoms with E-state index < -0.39 is 42.7 Å². The molecule has 0 aliphatic heterocycles. The van der Waals surface area contributed by atoms with Crippen LogP contribution in [0.5, 0.6) is 11.5 Å². The van der Waals surface area contributed by atoms with Crippen molar-refractivity contribution in [1.29, 1.82) is 0 Å². The highest BCUT2D eigenvalue weighted by molar-refractivity contribution is 5.76. The third kappa shape index (κ3) is 13.7. The molecule has 0 aliphatic rings. The van der Waals surface area contributed by atoms with Crippen LogP contribution in [-0.2, 0) is 34.9 Å². The quantitative estimate of drug-likeness (QED) is 0.188. The fourth-order valence-electron chi connectivity index (χ4n) is 2.68. The van der Waals surface area contributed by atoms with E-state index in [1.54, 1.807) is 26.8 Å². The minimum absolute atomic E-state index is 0.00112. The van der Waals surface area contributed by atoms with Crippen LogP contribution in [0.25, 0.3) is 0 Å². The number of carbonyl (C=O) groups excluding carboxylic acids is 4. The van der Waals surface area contributed by atoms with Crippen LogP contribution in [-0.4, -0.2) is 62.0 Å². The van der Waals surface area contributed by atoms with E-state index in [2.05, 4.69) is 0 Å². The molecular formula is C27H41NO11. The average molecular weight is 556 g/mol. The Hall–Kier alpha value is -3.54. The SMILES string of the molecule is CCC(C)OC(=O)Oc1ccc(C[C@H](N)C(=O)OC[C@H](C)OC(=O)OCC(C)C)cc1OC(=O)OC(C)CC. The molecule has 0 aromatic heterocycles. The van der Waals surface area contributed by atoms with Crippen molar-refractivity contribution in [2.45, 2.75) is 92.1 Å². The van der Waals surface area contributed by atoms with Crippen molar-refractivity contribution in [2.24, 2.45) is 11.7 Å². The minimum atomic E-state index is -1.09. The summed E-state index contributed by atoms with van der Waals surface area (Å²) in [5.74, 6) is -0.791. The summed E-state index contributed by atoms with van der Waals surface area (Å²) in [6.07, 6.45) is -3.19. The van der Waals surface area contributed by atoms with E-state index in [0.29, 0.717) is 18.4 Å². The van der Waals surface area contributed by atoms with E-state index in [1.165, 1.54) is 12.1 Å². The molecule has 1 aromatic rings. The van der Waals surface area contributed by atoms with Crippen LogP contribution in [0.1, 0.15) is 66.9 Å². The van der Waals surface area contributed by atoms with Crippen LogP contribution in [0.15, 0.2) is 18.2 Å². The second-order valence-electron chi connectivity index (χ2n) is 9.48. The largest absolute Gasteiger partial charge is 0.514 e. The van der Waals surface area contributed by atoms with Crippen molar-refractivity contribution >= 4 is 24.4 Å². The smallest absolute Gasteiger partial charge is 0.461 e. The summed E-state index contributed by atoms with van der Waals surface area (Å²) in [5, 5.41) is 0. The minimum Gasteiger partial charge on any atom is -0.461 e. The van der Waals surface area contributed by atoms with E-state index in [4.69, 9.17) is 38.9 Å². The Labute approximate surface area is 229 Å². The molecule has 0 spiro atoms. The van der Waals surface area contributed by atoms with Gasteiger partial charge in [0.05, 0.1) is 6.61 Å². The van der Waals surface area contributed by atoms with Crippen LogP contribution in [0, 0.1) is 5.92 Å². The van der Waals surface area contributed by atoms with Crippen molar-refractivity contribution in [1.82, 2.24) is 0 Å². The predicted molar refractivity (Wildman–Crippen MR) is 140 cm³/mol. The summed E-state index contributed by atoms with van der Waals surface area (Å²) >= 11 is 0. The first-order valence-corrected chi connectivity index (χ1v) is 13.0. The summed E-state index contributed by atoms with van der Waals surface area (Å²) in [5.41, 5.74) is 6.48. The molecule has 0 radical (unpaired) electrons. The van der Waals surface area contributed by atoms with Gasteiger partial charge < -0.3 is 38.9 Å². The molecule has 4 atom stereocenters. The van der Waals surface area contributed by atoms with E-state index in [-0.39, 0.29) is 43.2 Å². The predicted octanol–water partition coefficient (Wildman–Crippen LogP) is 4.93. The maximum Gasteiger partial charge on any atom is 0.514 e. The van der Waals surface area contributed by atoms with Gasteiger partial charge in [-0.15, -0.1) is 0 Å². The standard InChI is InChI=1S/C27H41NO11/c1-8-17(5)35-26(31)38-22-11-10-20(13-23(22)39-27(32)36-18(6)9-2)12-21(28)24(29)33-15-19(7)37-25(30)34-14-16(3)4/h10-11,13,16-19,21H,8-9,12,14-15,28H2,1-7H3/t17?,18?,19-,21-/m0/s1. The number of benzene rings is 1. The highest BCUT2D eigenvalue weighted by Gasteiger charge is 2.22. The van der Waals surface area contributed by atoms with Crippen LogP contribution < -0.4 is 15.2 Å². The van der Waals surface area contributed by atoms with Crippen molar-refractivity contribution < 1.29 is 52.3 Å². The second kappa shape index (κ2) is 17.1. The molecule has 0 saturated carbocycles. The zero-order valence-corrected chi connectivity index (χ0v) is 23.7. The summed E-state index contributed by atoms with van der Waals surface area (Å²) in [6.45, 7) is 12.4.